The Bertz CT molecular complexity index is 753. The first kappa shape index (κ1) is 25.9. The maximum absolute atomic E-state index is 12.0. The van der Waals surface area contributed by atoms with Crippen LogP contribution in [0.5, 0.6) is 0 Å². The van der Waals surface area contributed by atoms with Crippen molar-refractivity contribution in [2.24, 2.45) is 0 Å². The third-order valence-electron chi connectivity index (χ3n) is 2.57. The predicted molar refractivity (Wildman–Crippen MR) is 71.7 cm³/mol. The molecule has 0 saturated heterocycles. The SMILES string of the molecule is Fc1[c-]c(F)c(F)c(F)c1F.Fc1[c-]c(F)c(F)c(F)c1F.[C-]1=CC=CC1.[Ti+3]. The molecule has 1 aliphatic rings. The van der Waals surface area contributed by atoms with Crippen LogP contribution in [-0.2, 0) is 21.7 Å². The van der Waals surface area contributed by atoms with Crippen molar-refractivity contribution in [3.05, 3.63) is 94.6 Å². The van der Waals surface area contributed by atoms with Crippen molar-refractivity contribution in [1.82, 2.24) is 0 Å². The van der Waals surface area contributed by atoms with Gasteiger partial charge in [0.2, 0.25) is 0 Å². The Balaban J connectivity index is 0.000000408. The normalized spacial score (nSPS) is 11.2. The maximum Gasteiger partial charge on any atom is 3.00 e. The van der Waals surface area contributed by atoms with Gasteiger partial charge >= 0.3 is 21.7 Å². The van der Waals surface area contributed by atoms with Crippen LogP contribution in [0.1, 0.15) is 6.42 Å². The Labute approximate surface area is 167 Å². The summed E-state index contributed by atoms with van der Waals surface area (Å²) in [6.07, 6.45) is 10.0. The van der Waals surface area contributed by atoms with E-state index in [0.717, 1.165) is 18.6 Å². The molecule has 0 aliphatic heterocycles. The van der Waals surface area contributed by atoms with E-state index in [9.17, 15) is 43.9 Å². The van der Waals surface area contributed by atoms with Crippen LogP contribution in [0.3, 0.4) is 0 Å². The van der Waals surface area contributed by atoms with Crippen LogP contribution in [0.25, 0.3) is 0 Å². The first-order valence-corrected chi connectivity index (χ1v) is 6.61. The van der Waals surface area contributed by atoms with Gasteiger partial charge in [-0.3, -0.25) is 23.6 Å². The average Bonchev–Trinajstić information content (AvgIpc) is 3.22. The first-order valence-electron chi connectivity index (χ1n) is 6.61. The van der Waals surface area contributed by atoms with Gasteiger partial charge in [-0.25, -0.2) is 38.5 Å². The molecule has 11 heteroatoms. The Morgan fingerprint density at radius 1 is 0.536 bits per heavy atom. The third kappa shape index (κ3) is 6.83. The average molecular weight is 447 g/mol. The molecule has 0 heterocycles. The third-order valence-corrected chi connectivity index (χ3v) is 2.57. The summed E-state index contributed by atoms with van der Waals surface area (Å²) in [6, 6.07) is 2.05. The van der Waals surface area contributed by atoms with E-state index in [1.807, 2.05) is 12.2 Å². The summed E-state index contributed by atoms with van der Waals surface area (Å²) >= 11 is 0. The molecule has 3 rings (SSSR count). The van der Waals surface area contributed by atoms with E-state index < -0.39 is 58.2 Å². The van der Waals surface area contributed by atoms with Gasteiger partial charge in [0.25, 0.3) is 0 Å². The van der Waals surface area contributed by atoms with Crippen LogP contribution in [0.2, 0.25) is 0 Å². The molecule has 28 heavy (non-hydrogen) atoms. The second-order valence-corrected chi connectivity index (χ2v) is 4.39. The van der Waals surface area contributed by atoms with Crippen molar-refractivity contribution in [3.63, 3.8) is 0 Å². The molecule has 0 bridgehead atoms. The van der Waals surface area contributed by atoms with Gasteiger partial charge in [0.1, 0.15) is 0 Å². The van der Waals surface area contributed by atoms with Crippen molar-refractivity contribution in [1.29, 1.82) is 0 Å². The molecule has 0 atom stereocenters. The minimum atomic E-state index is -2.17. The standard InChI is InChI=1S/2C6F5.C5H5.Ti/c2*7-2-1-3(8)5(10)6(11)4(2)9;1-2-4-5-3-1;/h;;1-3H,4H2;/q3*-1;+3. The topological polar surface area (TPSA) is 0 Å². The molecule has 0 N–H and O–H groups in total. The molecule has 2 aromatic rings. The summed E-state index contributed by atoms with van der Waals surface area (Å²) in [5.41, 5.74) is 0. The maximum atomic E-state index is 12.0. The Morgan fingerprint density at radius 3 is 1.04 bits per heavy atom. The zero-order valence-electron chi connectivity index (χ0n) is 13.2. The molecular formula is C17H5F10Ti. The Kier molecular flexibility index (Phi) is 10.8. The largest absolute Gasteiger partial charge is 3.00 e. The molecule has 147 valence electrons. The second-order valence-electron chi connectivity index (χ2n) is 4.39. The summed E-state index contributed by atoms with van der Waals surface area (Å²) in [5, 5.41) is 0. The second kappa shape index (κ2) is 11.7. The van der Waals surface area contributed by atoms with Gasteiger partial charge in [0.05, 0.1) is 58.2 Å². The Hall–Kier alpha value is -2.07. The zero-order chi connectivity index (χ0) is 20.7. The van der Waals surface area contributed by atoms with Crippen LogP contribution >= 0.6 is 0 Å². The van der Waals surface area contributed by atoms with E-state index in [2.05, 4.69) is 12.2 Å². The van der Waals surface area contributed by atoms with Crippen molar-refractivity contribution < 1.29 is 65.6 Å². The fraction of sp³-hybridized carbons (Fsp3) is 0.0588. The van der Waals surface area contributed by atoms with E-state index in [4.69, 9.17) is 0 Å². The molecule has 0 saturated carbocycles. The van der Waals surface area contributed by atoms with Crippen LogP contribution in [0.4, 0.5) is 43.9 Å². The number of hydrogen-bond donors (Lipinski definition) is 0. The summed E-state index contributed by atoms with van der Waals surface area (Å²) in [7, 11) is 0. The number of hydrogen-bond acceptors (Lipinski definition) is 0. The minimum Gasteiger partial charge on any atom is -0.278 e. The van der Waals surface area contributed by atoms with Crippen molar-refractivity contribution in [2.45, 2.75) is 6.42 Å². The van der Waals surface area contributed by atoms with Crippen molar-refractivity contribution in [2.75, 3.05) is 0 Å². The van der Waals surface area contributed by atoms with Crippen molar-refractivity contribution in [3.8, 4) is 0 Å². The molecule has 0 aromatic heterocycles. The van der Waals surface area contributed by atoms with Gasteiger partial charge in [-0.15, -0.1) is 18.6 Å². The number of halogens is 10. The van der Waals surface area contributed by atoms with Crippen molar-refractivity contribution >= 4 is 0 Å². The molecule has 0 fully saturated rings. The summed E-state index contributed by atoms with van der Waals surface area (Å²) in [4.78, 5) is 0. The quantitative estimate of drug-likeness (QED) is 0.161. The number of benzene rings is 2. The van der Waals surface area contributed by atoms with E-state index >= 15 is 0 Å². The Morgan fingerprint density at radius 2 is 0.857 bits per heavy atom. The monoisotopic (exact) mass is 447 g/mol. The predicted octanol–water partition coefficient (Wildman–Crippen LogP) is 5.67. The minimum absolute atomic E-state index is 0. The smallest absolute Gasteiger partial charge is 0.278 e. The molecule has 1 aliphatic carbocycles. The molecule has 1 radical (unpaired) electrons. The zero-order valence-corrected chi connectivity index (χ0v) is 14.8. The van der Waals surface area contributed by atoms with Gasteiger partial charge in [0, 0.05) is 0 Å². The van der Waals surface area contributed by atoms with Gasteiger partial charge in [-0.05, 0) is 0 Å². The van der Waals surface area contributed by atoms with Gasteiger partial charge in [-0.2, -0.15) is 6.08 Å². The van der Waals surface area contributed by atoms with Gasteiger partial charge < -0.3 is 0 Å². The van der Waals surface area contributed by atoms with E-state index in [-0.39, 0.29) is 21.7 Å². The summed E-state index contributed by atoms with van der Waals surface area (Å²) in [5.74, 6) is -20.1. The summed E-state index contributed by atoms with van der Waals surface area (Å²) < 4.78 is 120. The van der Waals surface area contributed by atoms with Gasteiger partial charge in [0.15, 0.2) is 0 Å². The van der Waals surface area contributed by atoms with E-state index in [0.29, 0.717) is 0 Å². The molecule has 0 spiro atoms. The molecule has 0 nitrogen and oxygen atoms in total. The summed E-state index contributed by atoms with van der Waals surface area (Å²) in [6.45, 7) is 0. The number of allylic oxidation sites excluding steroid dienone is 4. The van der Waals surface area contributed by atoms with Crippen LogP contribution in [0.15, 0.2) is 18.2 Å². The molecule has 0 amide bonds. The number of rotatable bonds is 0. The van der Waals surface area contributed by atoms with Gasteiger partial charge in [-0.1, -0.05) is 0 Å². The first-order chi connectivity index (χ1) is 12.6. The van der Waals surface area contributed by atoms with E-state index in [1.165, 1.54) is 0 Å². The van der Waals surface area contributed by atoms with Crippen LogP contribution in [-0.4, -0.2) is 0 Å². The molecular weight excluding hydrogens is 442 g/mol. The van der Waals surface area contributed by atoms with Crippen LogP contribution in [0, 0.1) is 76.4 Å². The molecule has 2 aromatic carbocycles. The molecule has 0 unspecified atom stereocenters. The fourth-order valence-corrected chi connectivity index (χ4v) is 1.33. The van der Waals surface area contributed by atoms with Crippen LogP contribution < -0.4 is 0 Å². The van der Waals surface area contributed by atoms with E-state index in [1.54, 1.807) is 0 Å². The fourth-order valence-electron chi connectivity index (χ4n) is 1.33.